The Kier molecular flexibility index (Phi) is 4.04. The lowest BCUT2D eigenvalue weighted by atomic mass is 9.76. The topological polar surface area (TPSA) is 96.6 Å². The van der Waals surface area contributed by atoms with Crippen molar-refractivity contribution < 1.29 is 14.8 Å². The molecule has 7 nitrogen and oxygen atoms in total. The van der Waals surface area contributed by atoms with Crippen molar-refractivity contribution in [3.05, 3.63) is 27.4 Å². The predicted molar refractivity (Wildman–Crippen MR) is 77.6 cm³/mol. The Morgan fingerprint density at radius 3 is 2.71 bits per heavy atom. The van der Waals surface area contributed by atoms with Crippen molar-refractivity contribution >= 4 is 29.1 Å². The zero-order chi connectivity index (χ0) is 15.8. The van der Waals surface area contributed by atoms with Gasteiger partial charge in [0.2, 0.25) is 0 Å². The SMILES string of the molecule is CC(C)C1(C(=O)O)CCN(c2ncc([N+](=O)[O-])cc2Cl)C1. The van der Waals surface area contributed by atoms with Gasteiger partial charge in [0, 0.05) is 19.2 Å². The molecule has 0 amide bonds. The van der Waals surface area contributed by atoms with Crippen molar-refractivity contribution in [2.24, 2.45) is 11.3 Å². The fraction of sp³-hybridized carbons (Fsp3) is 0.538. The first-order valence-corrected chi connectivity index (χ1v) is 6.94. The summed E-state index contributed by atoms with van der Waals surface area (Å²) in [5.41, 5.74) is -1.02. The van der Waals surface area contributed by atoms with E-state index in [0.29, 0.717) is 25.3 Å². The van der Waals surface area contributed by atoms with E-state index in [1.807, 2.05) is 13.8 Å². The maximum absolute atomic E-state index is 11.6. The van der Waals surface area contributed by atoms with Crippen molar-refractivity contribution in [3.8, 4) is 0 Å². The van der Waals surface area contributed by atoms with Crippen molar-refractivity contribution in [2.45, 2.75) is 20.3 Å². The van der Waals surface area contributed by atoms with Gasteiger partial charge >= 0.3 is 5.97 Å². The van der Waals surface area contributed by atoms with Gasteiger partial charge in [-0.2, -0.15) is 0 Å². The minimum absolute atomic E-state index is 0.0307. The summed E-state index contributed by atoms with van der Waals surface area (Å²) in [6.07, 6.45) is 1.63. The lowest BCUT2D eigenvalue weighted by Gasteiger charge is -2.29. The molecule has 0 radical (unpaired) electrons. The van der Waals surface area contributed by atoms with Crippen molar-refractivity contribution in [1.82, 2.24) is 4.98 Å². The first-order chi connectivity index (χ1) is 9.78. The van der Waals surface area contributed by atoms with Crippen LogP contribution in [0.3, 0.4) is 0 Å². The summed E-state index contributed by atoms with van der Waals surface area (Å²) in [6, 6.07) is 1.24. The average Bonchev–Trinajstić information content (AvgIpc) is 2.84. The highest BCUT2D eigenvalue weighted by atomic mass is 35.5. The van der Waals surface area contributed by atoms with Gasteiger partial charge in [-0.1, -0.05) is 25.4 Å². The molecule has 1 atom stereocenters. The quantitative estimate of drug-likeness (QED) is 0.678. The van der Waals surface area contributed by atoms with Crippen LogP contribution < -0.4 is 4.90 Å². The van der Waals surface area contributed by atoms with Gasteiger partial charge in [0.15, 0.2) is 0 Å². The Morgan fingerprint density at radius 1 is 1.62 bits per heavy atom. The number of carboxylic acids is 1. The maximum Gasteiger partial charge on any atom is 0.311 e. The largest absolute Gasteiger partial charge is 0.481 e. The minimum Gasteiger partial charge on any atom is -0.481 e. The molecule has 1 saturated heterocycles. The Labute approximate surface area is 126 Å². The molecule has 0 aromatic carbocycles. The third-order valence-electron chi connectivity index (χ3n) is 4.15. The van der Waals surface area contributed by atoms with Crippen LogP contribution in [-0.2, 0) is 4.79 Å². The van der Waals surface area contributed by atoms with Gasteiger partial charge in [0.1, 0.15) is 12.0 Å². The Bertz CT molecular complexity index is 593. The monoisotopic (exact) mass is 313 g/mol. The Hall–Kier alpha value is -1.89. The molecule has 1 aromatic heterocycles. The summed E-state index contributed by atoms with van der Waals surface area (Å²) in [6.45, 7) is 4.56. The van der Waals surface area contributed by atoms with Crippen LogP contribution in [0.25, 0.3) is 0 Å². The maximum atomic E-state index is 11.6. The standard InChI is InChI=1S/C13H16ClN3O4/c1-8(2)13(12(18)19)3-4-16(7-13)11-10(14)5-9(6-15-11)17(20)21/h5-6,8H,3-4,7H2,1-2H3,(H,18,19). The van der Waals surface area contributed by atoms with E-state index in [-0.39, 0.29) is 16.6 Å². The van der Waals surface area contributed by atoms with E-state index in [2.05, 4.69) is 4.98 Å². The molecule has 1 unspecified atom stereocenters. The first-order valence-electron chi connectivity index (χ1n) is 6.56. The molecule has 1 N–H and O–H groups in total. The van der Waals surface area contributed by atoms with Crippen LogP contribution in [0.1, 0.15) is 20.3 Å². The van der Waals surface area contributed by atoms with Crippen LogP contribution in [0.2, 0.25) is 5.02 Å². The summed E-state index contributed by atoms with van der Waals surface area (Å²) in [5.74, 6) is -0.471. The van der Waals surface area contributed by atoms with Crippen LogP contribution >= 0.6 is 11.6 Å². The number of halogens is 1. The van der Waals surface area contributed by atoms with Crippen molar-refractivity contribution in [2.75, 3.05) is 18.0 Å². The van der Waals surface area contributed by atoms with Gasteiger partial charge in [0.05, 0.1) is 15.4 Å². The highest BCUT2D eigenvalue weighted by Gasteiger charge is 2.48. The fourth-order valence-electron chi connectivity index (χ4n) is 2.66. The molecule has 1 fully saturated rings. The van der Waals surface area contributed by atoms with Crippen LogP contribution in [-0.4, -0.2) is 34.1 Å². The normalized spacial score (nSPS) is 21.8. The third kappa shape index (κ3) is 2.65. The van der Waals surface area contributed by atoms with Crippen LogP contribution in [0.5, 0.6) is 0 Å². The van der Waals surface area contributed by atoms with Crippen molar-refractivity contribution in [3.63, 3.8) is 0 Å². The van der Waals surface area contributed by atoms with Gasteiger partial charge in [-0.25, -0.2) is 4.98 Å². The van der Waals surface area contributed by atoms with Gasteiger partial charge in [-0.3, -0.25) is 14.9 Å². The molecule has 114 valence electrons. The molecule has 1 aliphatic rings. The molecule has 0 aliphatic carbocycles. The number of carboxylic acid groups (broad SMARTS) is 1. The second-order valence-electron chi connectivity index (χ2n) is 5.54. The lowest BCUT2D eigenvalue weighted by molar-refractivity contribution is -0.385. The average molecular weight is 314 g/mol. The summed E-state index contributed by atoms with van der Waals surface area (Å²) in [4.78, 5) is 27.5. The van der Waals surface area contributed by atoms with E-state index in [4.69, 9.17) is 11.6 Å². The number of rotatable bonds is 4. The molecule has 1 aliphatic heterocycles. The van der Waals surface area contributed by atoms with Crippen LogP contribution in [0.4, 0.5) is 11.5 Å². The van der Waals surface area contributed by atoms with E-state index in [9.17, 15) is 20.0 Å². The minimum atomic E-state index is -0.840. The van der Waals surface area contributed by atoms with Gasteiger partial charge in [-0.05, 0) is 12.3 Å². The summed E-state index contributed by atoms with van der Waals surface area (Å²) < 4.78 is 0. The van der Waals surface area contributed by atoms with E-state index >= 15 is 0 Å². The van der Waals surface area contributed by atoms with Crippen LogP contribution in [0, 0.1) is 21.4 Å². The second-order valence-corrected chi connectivity index (χ2v) is 5.95. The second kappa shape index (κ2) is 5.48. The molecule has 0 bridgehead atoms. The van der Waals surface area contributed by atoms with E-state index in [1.165, 1.54) is 6.07 Å². The van der Waals surface area contributed by atoms with E-state index < -0.39 is 16.3 Å². The number of hydrogen-bond donors (Lipinski definition) is 1. The van der Waals surface area contributed by atoms with Gasteiger partial charge < -0.3 is 10.0 Å². The molecule has 1 aromatic rings. The van der Waals surface area contributed by atoms with E-state index in [0.717, 1.165) is 6.20 Å². The molecule has 0 spiro atoms. The van der Waals surface area contributed by atoms with Gasteiger partial charge in [0.25, 0.3) is 5.69 Å². The molecular weight excluding hydrogens is 298 g/mol. The Balaban J connectivity index is 2.29. The number of nitrogens with zero attached hydrogens (tertiary/aromatic N) is 3. The Morgan fingerprint density at radius 2 is 2.29 bits per heavy atom. The van der Waals surface area contributed by atoms with Crippen LogP contribution in [0.15, 0.2) is 12.3 Å². The number of carbonyl (C=O) groups is 1. The lowest BCUT2D eigenvalue weighted by Crippen LogP contribution is -2.39. The zero-order valence-electron chi connectivity index (χ0n) is 11.7. The number of aromatic nitrogens is 1. The highest BCUT2D eigenvalue weighted by molar-refractivity contribution is 6.33. The highest BCUT2D eigenvalue weighted by Crippen LogP contribution is 2.41. The predicted octanol–water partition coefficient (Wildman–Crippen LogP) is 2.58. The molecule has 8 heteroatoms. The fourth-order valence-corrected chi connectivity index (χ4v) is 2.94. The van der Waals surface area contributed by atoms with Crippen molar-refractivity contribution in [1.29, 1.82) is 0 Å². The number of pyridine rings is 1. The van der Waals surface area contributed by atoms with E-state index in [1.54, 1.807) is 4.90 Å². The summed E-state index contributed by atoms with van der Waals surface area (Å²) in [5, 5.41) is 20.4. The first kappa shape index (κ1) is 15.5. The third-order valence-corrected chi connectivity index (χ3v) is 4.43. The van der Waals surface area contributed by atoms with Gasteiger partial charge in [-0.15, -0.1) is 0 Å². The zero-order valence-corrected chi connectivity index (χ0v) is 12.5. The molecule has 2 heterocycles. The number of aliphatic carboxylic acids is 1. The molecular formula is C13H16ClN3O4. The summed E-state index contributed by atoms with van der Waals surface area (Å²) in [7, 11) is 0. The smallest absolute Gasteiger partial charge is 0.311 e. The molecule has 21 heavy (non-hydrogen) atoms. The number of anilines is 1. The molecule has 0 saturated carbocycles. The summed E-state index contributed by atoms with van der Waals surface area (Å²) >= 11 is 6.05. The number of nitro groups is 1. The number of hydrogen-bond acceptors (Lipinski definition) is 5. The molecule has 2 rings (SSSR count).